The summed E-state index contributed by atoms with van der Waals surface area (Å²) >= 11 is 0. The summed E-state index contributed by atoms with van der Waals surface area (Å²) in [5.74, 6) is 0.470. The van der Waals surface area contributed by atoms with E-state index in [1.165, 1.54) is 57.8 Å². The number of hydrogen-bond acceptors (Lipinski definition) is 4. The predicted molar refractivity (Wildman–Crippen MR) is 89.9 cm³/mol. The number of allylic oxidation sites excluding steroid dienone is 1. The van der Waals surface area contributed by atoms with Crippen LogP contribution < -0.4 is 5.43 Å². The predicted octanol–water partition coefficient (Wildman–Crippen LogP) is 5.59. The quantitative estimate of drug-likeness (QED) is 0.468. The van der Waals surface area contributed by atoms with Crippen molar-refractivity contribution in [3.05, 3.63) is 19.2 Å². The standard InChI is InChI=1S/C17H31N4/c1-3-5-6-7-8-9-10-11-13-16(12-4-2)17-14-15-18-20-21-19-17/h14-16H,2-13H2,1H3,(H,18,21). The van der Waals surface area contributed by atoms with E-state index in [4.69, 9.17) is 0 Å². The summed E-state index contributed by atoms with van der Waals surface area (Å²) in [5, 5.41) is 11.6. The van der Waals surface area contributed by atoms with Crippen LogP contribution in [0.15, 0.2) is 27.8 Å². The van der Waals surface area contributed by atoms with Crippen LogP contribution in [0.2, 0.25) is 0 Å². The van der Waals surface area contributed by atoms with Crippen LogP contribution in [0.25, 0.3) is 0 Å². The Morgan fingerprint density at radius 1 is 1.05 bits per heavy atom. The van der Waals surface area contributed by atoms with E-state index in [1.807, 2.05) is 6.08 Å². The van der Waals surface area contributed by atoms with Crippen molar-refractivity contribution in [2.75, 3.05) is 0 Å². The smallest absolute Gasteiger partial charge is 0.0695 e. The number of rotatable bonds is 12. The van der Waals surface area contributed by atoms with Gasteiger partial charge in [-0.1, -0.05) is 71.6 Å². The average molecular weight is 291 g/mol. The van der Waals surface area contributed by atoms with Gasteiger partial charge < -0.3 is 0 Å². The van der Waals surface area contributed by atoms with Crippen LogP contribution >= 0.6 is 0 Å². The zero-order valence-corrected chi connectivity index (χ0v) is 13.6. The summed E-state index contributed by atoms with van der Waals surface area (Å²) in [6.07, 6.45) is 17.9. The molecule has 0 aliphatic carbocycles. The van der Waals surface area contributed by atoms with Crippen LogP contribution in [0.1, 0.15) is 77.6 Å². The largest absolute Gasteiger partial charge is 0.266 e. The van der Waals surface area contributed by atoms with Gasteiger partial charge in [0, 0.05) is 12.1 Å². The van der Waals surface area contributed by atoms with Gasteiger partial charge in [-0.05, 0) is 29.4 Å². The Labute approximate surface area is 130 Å². The van der Waals surface area contributed by atoms with E-state index in [0.717, 1.165) is 18.6 Å². The minimum absolute atomic E-state index is 0.470. The van der Waals surface area contributed by atoms with Crippen LogP contribution in [-0.2, 0) is 0 Å². The molecule has 0 aromatic rings. The lowest BCUT2D eigenvalue weighted by atomic mass is 9.91. The fraction of sp³-hybridized carbons (Fsp3) is 0.765. The molecule has 0 aromatic heterocycles. The van der Waals surface area contributed by atoms with Gasteiger partial charge in [0.25, 0.3) is 0 Å². The van der Waals surface area contributed by atoms with Gasteiger partial charge in [0.1, 0.15) is 0 Å². The van der Waals surface area contributed by atoms with Crippen molar-refractivity contribution < 1.29 is 0 Å². The number of nitrogens with one attached hydrogen (secondary N) is 1. The first-order valence-corrected chi connectivity index (χ1v) is 8.57. The van der Waals surface area contributed by atoms with Crippen molar-refractivity contribution in [2.24, 2.45) is 21.5 Å². The van der Waals surface area contributed by atoms with E-state index in [0.29, 0.717) is 5.92 Å². The van der Waals surface area contributed by atoms with Crippen LogP contribution in [0, 0.1) is 12.8 Å². The lowest BCUT2D eigenvalue weighted by Gasteiger charge is -2.15. The second-order valence-corrected chi connectivity index (χ2v) is 5.78. The highest BCUT2D eigenvalue weighted by Crippen LogP contribution is 2.20. The maximum Gasteiger partial charge on any atom is 0.0695 e. The number of hydrogen-bond donors (Lipinski definition) is 1. The highest BCUT2D eigenvalue weighted by Gasteiger charge is 2.13. The molecular weight excluding hydrogens is 260 g/mol. The molecule has 1 unspecified atom stereocenters. The van der Waals surface area contributed by atoms with Crippen molar-refractivity contribution in [3.8, 4) is 0 Å². The van der Waals surface area contributed by atoms with Gasteiger partial charge in [-0.2, -0.15) is 0 Å². The second-order valence-electron chi connectivity index (χ2n) is 5.78. The van der Waals surface area contributed by atoms with Crippen molar-refractivity contribution in [2.45, 2.75) is 77.6 Å². The van der Waals surface area contributed by atoms with Crippen LogP contribution in [0.5, 0.6) is 0 Å². The molecule has 4 nitrogen and oxygen atoms in total. The molecule has 0 saturated carbocycles. The summed E-state index contributed by atoms with van der Waals surface area (Å²) in [4.78, 5) is 0. The molecule has 119 valence electrons. The van der Waals surface area contributed by atoms with Crippen molar-refractivity contribution in [1.82, 2.24) is 5.43 Å². The highest BCUT2D eigenvalue weighted by molar-refractivity contribution is 5.96. The lowest BCUT2D eigenvalue weighted by molar-refractivity contribution is 0.511. The first-order chi connectivity index (χ1) is 10.4. The van der Waals surface area contributed by atoms with E-state index in [2.05, 4.69) is 34.8 Å². The Bertz CT molecular complexity index is 334. The summed E-state index contributed by atoms with van der Waals surface area (Å²) < 4.78 is 0. The Balaban J connectivity index is 2.19. The minimum Gasteiger partial charge on any atom is -0.266 e. The van der Waals surface area contributed by atoms with Gasteiger partial charge in [0.2, 0.25) is 0 Å². The molecule has 0 fully saturated rings. The van der Waals surface area contributed by atoms with Crippen molar-refractivity contribution in [3.63, 3.8) is 0 Å². The Morgan fingerprint density at radius 2 is 1.76 bits per heavy atom. The van der Waals surface area contributed by atoms with E-state index in [9.17, 15) is 0 Å². The monoisotopic (exact) mass is 291 g/mol. The maximum atomic E-state index is 4.19. The highest BCUT2D eigenvalue weighted by atomic mass is 15.5. The maximum absolute atomic E-state index is 4.19. The van der Waals surface area contributed by atoms with E-state index in [1.54, 1.807) is 6.20 Å². The van der Waals surface area contributed by atoms with Crippen LogP contribution in [0.3, 0.4) is 0 Å². The van der Waals surface area contributed by atoms with E-state index < -0.39 is 0 Å². The zero-order valence-electron chi connectivity index (χ0n) is 13.6. The first kappa shape index (κ1) is 17.9. The molecule has 0 amide bonds. The van der Waals surface area contributed by atoms with Gasteiger partial charge in [-0.3, -0.25) is 5.43 Å². The minimum atomic E-state index is 0.470. The zero-order chi connectivity index (χ0) is 15.2. The molecule has 1 N–H and O–H groups in total. The fourth-order valence-electron chi connectivity index (χ4n) is 2.72. The van der Waals surface area contributed by atoms with Gasteiger partial charge in [0.05, 0.1) is 5.71 Å². The molecule has 1 heterocycles. The average Bonchev–Trinajstić information content (AvgIpc) is 2.78. The summed E-state index contributed by atoms with van der Waals surface area (Å²) in [5.41, 5.74) is 3.76. The second kappa shape index (κ2) is 12.5. The van der Waals surface area contributed by atoms with Gasteiger partial charge in [-0.15, -0.1) is 5.10 Å². The molecule has 1 rings (SSSR count). The molecule has 4 heteroatoms. The Kier molecular flexibility index (Phi) is 10.7. The molecule has 1 radical (unpaired) electrons. The molecule has 1 atom stereocenters. The first-order valence-electron chi connectivity index (χ1n) is 8.57. The summed E-state index contributed by atoms with van der Waals surface area (Å²) in [6, 6.07) is 0. The van der Waals surface area contributed by atoms with Crippen LogP contribution in [-0.4, -0.2) is 5.71 Å². The summed E-state index contributed by atoms with van der Waals surface area (Å²) in [6.45, 7) is 6.25. The number of unbranched alkanes of at least 4 members (excludes halogenated alkanes) is 7. The molecule has 0 saturated heterocycles. The third-order valence-corrected chi connectivity index (χ3v) is 3.97. The molecular formula is C17H31N4. The third kappa shape index (κ3) is 8.64. The van der Waals surface area contributed by atoms with Gasteiger partial charge in [-0.25, -0.2) is 0 Å². The fourth-order valence-corrected chi connectivity index (χ4v) is 2.72. The Morgan fingerprint density at radius 3 is 2.48 bits per heavy atom. The summed E-state index contributed by atoms with van der Waals surface area (Å²) in [7, 11) is 0. The Hall–Kier alpha value is -1.19. The molecule has 0 aromatic carbocycles. The van der Waals surface area contributed by atoms with E-state index in [-0.39, 0.29) is 0 Å². The SMILES string of the molecule is [CH2]CCC(CCCCCCCCCC)C1=NN=NNC=C1. The normalized spacial score (nSPS) is 15.4. The van der Waals surface area contributed by atoms with Crippen molar-refractivity contribution >= 4 is 5.71 Å². The molecule has 1 aliphatic rings. The van der Waals surface area contributed by atoms with Gasteiger partial charge >= 0.3 is 0 Å². The molecule has 1 aliphatic heterocycles. The molecule has 21 heavy (non-hydrogen) atoms. The number of nitrogens with zero attached hydrogens (tertiary/aromatic N) is 3. The van der Waals surface area contributed by atoms with Crippen LogP contribution in [0.4, 0.5) is 0 Å². The third-order valence-electron chi connectivity index (χ3n) is 3.97. The molecule has 0 spiro atoms. The van der Waals surface area contributed by atoms with E-state index >= 15 is 0 Å². The van der Waals surface area contributed by atoms with Gasteiger partial charge in [0.15, 0.2) is 0 Å². The van der Waals surface area contributed by atoms with Crippen molar-refractivity contribution in [1.29, 1.82) is 0 Å². The lowest BCUT2D eigenvalue weighted by Crippen LogP contribution is -2.12. The molecule has 0 bridgehead atoms. The topological polar surface area (TPSA) is 49.1 Å².